The average molecular weight is 382 g/mol. The number of likely N-dealkylation sites (tertiary alicyclic amines) is 1. The second-order valence-electron chi connectivity index (χ2n) is 6.01. The van der Waals surface area contributed by atoms with E-state index in [4.69, 9.17) is 0 Å². The van der Waals surface area contributed by atoms with Gasteiger partial charge in [0.05, 0.1) is 0 Å². The van der Waals surface area contributed by atoms with Gasteiger partial charge in [-0.15, -0.1) is 0 Å². The van der Waals surface area contributed by atoms with Gasteiger partial charge < -0.3 is 15.5 Å². The number of benzene rings is 1. The van der Waals surface area contributed by atoms with Crippen LogP contribution in [0.3, 0.4) is 0 Å². The smallest absolute Gasteiger partial charge is 0.253 e. The molecule has 1 heterocycles. The number of amides is 2. The van der Waals surface area contributed by atoms with Gasteiger partial charge in [0.15, 0.2) is 0 Å². The summed E-state index contributed by atoms with van der Waals surface area (Å²) < 4.78 is 0.959. The molecule has 1 atom stereocenters. The summed E-state index contributed by atoms with van der Waals surface area (Å²) in [5.41, 5.74) is 0.693. The van der Waals surface area contributed by atoms with Crippen LogP contribution in [0, 0.1) is 5.92 Å². The molecule has 6 heteroatoms. The Bertz CT molecular complexity index is 539. The zero-order chi connectivity index (χ0) is 16.8. The van der Waals surface area contributed by atoms with Gasteiger partial charge >= 0.3 is 0 Å². The van der Waals surface area contributed by atoms with E-state index in [1.165, 1.54) is 0 Å². The van der Waals surface area contributed by atoms with Crippen LogP contribution in [0.1, 0.15) is 30.1 Å². The summed E-state index contributed by atoms with van der Waals surface area (Å²) >= 11 is 3.37. The van der Waals surface area contributed by atoms with Crippen molar-refractivity contribution in [3.63, 3.8) is 0 Å². The minimum atomic E-state index is 0.00743. The summed E-state index contributed by atoms with van der Waals surface area (Å²) in [6.45, 7) is 3.93. The summed E-state index contributed by atoms with van der Waals surface area (Å²) in [6.07, 6.45) is 1.45. The molecule has 2 amide bonds. The molecule has 0 saturated carbocycles. The van der Waals surface area contributed by atoms with E-state index in [0.717, 1.165) is 17.3 Å². The molecule has 1 saturated heterocycles. The van der Waals surface area contributed by atoms with Gasteiger partial charge in [0, 0.05) is 41.6 Å². The minimum Gasteiger partial charge on any atom is -0.354 e. The number of hydrogen-bond acceptors (Lipinski definition) is 3. The van der Waals surface area contributed by atoms with Crippen LogP contribution < -0.4 is 10.6 Å². The molecule has 126 valence electrons. The number of nitrogens with zero attached hydrogens (tertiary/aromatic N) is 1. The Labute approximate surface area is 145 Å². The van der Waals surface area contributed by atoms with Crippen molar-refractivity contribution >= 4 is 27.7 Å². The highest BCUT2D eigenvalue weighted by Gasteiger charge is 2.27. The molecule has 1 aromatic carbocycles. The fraction of sp³-hybridized carbons (Fsp3) is 0.529. The van der Waals surface area contributed by atoms with Gasteiger partial charge in [-0.3, -0.25) is 9.59 Å². The molecule has 5 nitrogen and oxygen atoms in total. The number of hydrogen-bond donors (Lipinski definition) is 2. The Hall–Kier alpha value is -1.40. The first-order valence-electron chi connectivity index (χ1n) is 8.01. The molecule has 0 spiro atoms. The summed E-state index contributed by atoms with van der Waals surface area (Å²) in [6, 6.07) is 7.65. The Balaban J connectivity index is 1.82. The normalized spacial score (nSPS) is 16.9. The fourth-order valence-corrected chi connectivity index (χ4v) is 2.88. The molecular formula is C17H24BrN3O2. The predicted octanol–water partition coefficient (Wildman–Crippen LogP) is 2.03. The number of piperidine rings is 1. The largest absolute Gasteiger partial charge is 0.354 e. The molecule has 2 rings (SSSR count). The van der Waals surface area contributed by atoms with Crippen molar-refractivity contribution in [2.45, 2.75) is 25.8 Å². The summed E-state index contributed by atoms with van der Waals surface area (Å²) in [7, 11) is 1.88. The molecule has 0 radical (unpaired) electrons. The van der Waals surface area contributed by atoms with Crippen molar-refractivity contribution in [1.29, 1.82) is 0 Å². The van der Waals surface area contributed by atoms with E-state index in [-0.39, 0.29) is 23.8 Å². The molecule has 0 bridgehead atoms. The Morgan fingerprint density at radius 1 is 1.26 bits per heavy atom. The van der Waals surface area contributed by atoms with Crippen LogP contribution in [0.4, 0.5) is 0 Å². The standard InChI is InChI=1S/C17H24BrN3O2/c1-12(19-2)11-20-16(22)13-7-9-21(10-8-13)17(23)14-3-5-15(18)6-4-14/h3-6,12-13,19H,7-11H2,1-2H3,(H,20,22). The number of nitrogens with one attached hydrogen (secondary N) is 2. The SMILES string of the molecule is CNC(C)CNC(=O)C1CCN(C(=O)c2ccc(Br)cc2)CC1. The van der Waals surface area contributed by atoms with Crippen LogP contribution in [-0.2, 0) is 4.79 Å². The van der Waals surface area contributed by atoms with E-state index >= 15 is 0 Å². The van der Waals surface area contributed by atoms with E-state index in [9.17, 15) is 9.59 Å². The van der Waals surface area contributed by atoms with Crippen molar-refractivity contribution in [1.82, 2.24) is 15.5 Å². The lowest BCUT2D eigenvalue weighted by atomic mass is 9.95. The van der Waals surface area contributed by atoms with Gasteiger partial charge in [-0.1, -0.05) is 15.9 Å². The highest BCUT2D eigenvalue weighted by Crippen LogP contribution is 2.20. The second kappa shape index (κ2) is 8.45. The molecule has 1 fully saturated rings. The highest BCUT2D eigenvalue weighted by molar-refractivity contribution is 9.10. The van der Waals surface area contributed by atoms with E-state index in [2.05, 4.69) is 26.6 Å². The topological polar surface area (TPSA) is 61.4 Å². The Morgan fingerprint density at radius 3 is 2.43 bits per heavy atom. The summed E-state index contributed by atoms with van der Waals surface area (Å²) in [5.74, 6) is 0.149. The number of carbonyl (C=O) groups excluding carboxylic acids is 2. The fourth-order valence-electron chi connectivity index (χ4n) is 2.62. The Morgan fingerprint density at radius 2 is 1.87 bits per heavy atom. The van der Waals surface area contributed by atoms with E-state index in [1.54, 1.807) is 0 Å². The predicted molar refractivity (Wildman–Crippen MR) is 94.3 cm³/mol. The lowest BCUT2D eigenvalue weighted by Gasteiger charge is -2.31. The number of rotatable bonds is 5. The maximum Gasteiger partial charge on any atom is 0.253 e. The zero-order valence-electron chi connectivity index (χ0n) is 13.6. The van der Waals surface area contributed by atoms with Gasteiger partial charge in [-0.25, -0.2) is 0 Å². The minimum absolute atomic E-state index is 0.00743. The monoisotopic (exact) mass is 381 g/mol. The van der Waals surface area contributed by atoms with Crippen LogP contribution in [0.15, 0.2) is 28.7 Å². The molecule has 1 aromatic rings. The molecule has 1 unspecified atom stereocenters. The molecular weight excluding hydrogens is 358 g/mol. The second-order valence-corrected chi connectivity index (χ2v) is 6.92. The van der Waals surface area contributed by atoms with Gasteiger partial charge in [0.25, 0.3) is 5.91 Å². The quantitative estimate of drug-likeness (QED) is 0.819. The van der Waals surface area contributed by atoms with Gasteiger partial charge in [0.1, 0.15) is 0 Å². The van der Waals surface area contributed by atoms with Crippen molar-refractivity contribution in [2.24, 2.45) is 5.92 Å². The average Bonchev–Trinajstić information content (AvgIpc) is 2.59. The molecule has 0 aliphatic carbocycles. The number of halogens is 1. The van der Waals surface area contributed by atoms with Crippen molar-refractivity contribution in [2.75, 3.05) is 26.7 Å². The lowest BCUT2D eigenvalue weighted by Crippen LogP contribution is -2.45. The number of likely N-dealkylation sites (N-methyl/N-ethyl adjacent to an activating group) is 1. The van der Waals surface area contributed by atoms with E-state index in [0.29, 0.717) is 25.2 Å². The first-order chi connectivity index (χ1) is 11.0. The van der Waals surface area contributed by atoms with Crippen molar-refractivity contribution in [3.8, 4) is 0 Å². The number of carbonyl (C=O) groups is 2. The first kappa shape index (κ1) is 17.9. The third kappa shape index (κ3) is 5.04. The molecule has 1 aliphatic heterocycles. The lowest BCUT2D eigenvalue weighted by molar-refractivity contribution is -0.126. The maximum atomic E-state index is 12.4. The highest BCUT2D eigenvalue weighted by atomic mass is 79.9. The third-order valence-electron chi connectivity index (χ3n) is 4.32. The van der Waals surface area contributed by atoms with Gasteiger partial charge in [-0.2, -0.15) is 0 Å². The van der Waals surface area contributed by atoms with E-state index < -0.39 is 0 Å². The van der Waals surface area contributed by atoms with Crippen LogP contribution >= 0.6 is 15.9 Å². The summed E-state index contributed by atoms with van der Waals surface area (Å²) in [4.78, 5) is 26.4. The molecule has 23 heavy (non-hydrogen) atoms. The molecule has 2 N–H and O–H groups in total. The van der Waals surface area contributed by atoms with Crippen LogP contribution in [0.5, 0.6) is 0 Å². The zero-order valence-corrected chi connectivity index (χ0v) is 15.2. The maximum absolute atomic E-state index is 12.4. The first-order valence-corrected chi connectivity index (χ1v) is 8.80. The molecule has 0 aromatic heterocycles. The van der Waals surface area contributed by atoms with Gasteiger partial charge in [-0.05, 0) is 51.1 Å². The van der Waals surface area contributed by atoms with Crippen LogP contribution in [-0.4, -0.2) is 49.4 Å². The third-order valence-corrected chi connectivity index (χ3v) is 4.85. The summed E-state index contributed by atoms with van der Waals surface area (Å²) in [5, 5.41) is 6.07. The van der Waals surface area contributed by atoms with Gasteiger partial charge in [0.2, 0.25) is 5.91 Å². The van der Waals surface area contributed by atoms with Crippen molar-refractivity contribution in [3.05, 3.63) is 34.3 Å². The Kier molecular flexibility index (Phi) is 6.59. The van der Waals surface area contributed by atoms with Crippen molar-refractivity contribution < 1.29 is 9.59 Å². The molecule has 1 aliphatic rings. The van der Waals surface area contributed by atoms with Crippen LogP contribution in [0.25, 0.3) is 0 Å². The van der Waals surface area contributed by atoms with E-state index in [1.807, 2.05) is 43.1 Å². The van der Waals surface area contributed by atoms with Crippen LogP contribution in [0.2, 0.25) is 0 Å².